The minimum absolute atomic E-state index is 0.172. The van der Waals surface area contributed by atoms with Crippen LogP contribution in [-0.2, 0) is 4.84 Å². The van der Waals surface area contributed by atoms with Crippen LogP contribution in [0.15, 0.2) is 78.0 Å². The monoisotopic (exact) mass is 447 g/mol. The zero-order valence-electron chi connectivity index (χ0n) is 17.8. The molecule has 2 aliphatic rings. The fourth-order valence-electron chi connectivity index (χ4n) is 4.47. The minimum atomic E-state index is -0.590. The molecule has 0 bridgehead atoms. The van der Waals surface area contributed by atoms with Crippen LogP contribution in [0.25, 0.3) is 11.1 Å². The molecule has 1 saturated heterocycles. The molecule has 0 spiro atoms. The van der Waals surface area contributed by atoms with Gasteiger partial charge in [0.2, 0.25) is 0 Å². The second-order valence-corrected chi connectivity index (χ2v) is 8.68. The topological polar surface area (TPSA) is 48.3 Å². The summed E-state index contributed by atoms with van der Waals surface area (Å²) in [7, 11) is 0. The standard InChI is InChI=1S/C26H26ClN3O2/c27-19-9-11-20(12-10-19)30-15-13-29(14-16-30)17-21(31)18-32-28-26-24-7-3-1-5-22(24)23-6-2-4-8-25(23)26/h1-12,21,31H,13-18H2. The van der Waals surface area contributed by atoms with Gasteiger partial charge in [0, 0.05) is 54.6 Å². The third-order valence-corrected chi connectivity index (χ3v) is 6.36. The average Bonchev–Trinajstić information content (AvgIpc) is 3.14. The summed E-state index contributed by atoms with van der Waals surface area (Å²) in [6.07, 6.45) is -0.590. The van der Waals surface area contributed by atoms with Crippen LogP contribution in [0.5, 0.6) is 0 Å². The first kappa shape index (κ1) is 21.0. The lowest BCUT2D eigenvalue weighted by Gasteiger charge is -2.36. The molecule has 1 atom stereocenters. The van der Waals surface area contributed by atoms with Crippen molar-refractivity contribution in [2.75, 3.05) is 44.2 Å². The largest absolute Gasteiger partial charge is 0.392 e. The number of rotatable bonds is 6. The molecule has 0 radical (unpaired) electrons. The first-order valence-corrected chi connectivity index (χ1v) is 11.4. The molecule has 3 aromatic carbocycles. The Bertz CT molecular complexity index is 1060. The summed E-state index contributed by atoms with van der Waals surface area (Å²) in [5.41, 5.74) is 6.50. The molecule has 32 heavy (non-hydrogen) atoms. The zero-order chi connectivity index (χ0) is 21.9. The number of hydrogen-bond donors (Lipinski definition) is 1. The predicted molar refractivity (Wildman–Crippen MR) is 130 cm³/mol. The molecular formula is C26H26ClN3O2. The molecule has 5 nitrogen and oxygen atoms in total. The van der Waals surface area contributed by atoms with Gasteiger partial charge in [-0.05, 0) is 35.4 Å². The van der Waals surface area contributed by atoms with E-state index in [-0.39, 0.29) is 6.61 Å². The maximum Gasteiger partial charge on any atom is 0.144 e. The second-order valence-electron chi connectivity index (χ2n) is 8.24. The van der Waals surface area contributed by atoms with E-state index in [2.05, 4.69) is 51.4 Å². The Kier molecular flexibility index (Phi) is 6.12. The summed E-state index contributed by atoms with van der Waals surface area (Å²) in [6.45, 7) is 4.39. The Morgan fingerprint density at radius 2 is 1.38 bits per heavy atom. The van der Waals surface area contributed by atoms with Crippen molar-refractivity contribution >= 4 is 23.0 Å². The van der Waals surface area contributed by atoms with Gasteiger partial charge >= 0.3 is 0 Å². The van der Waals surface area contributed by atoms with Gasteiger partial charge in [-0.2, -0.15) is 0 Å². The Morgan fingerprint density at radius 1 is 0.812 bits per heavy atom. The number of fused-ring (bicyclic) bond motifs is 3. The highest BCUT2D eigenvalue weighted by molar-refractivity contribution is 6.30. The van der Waals surface area contributed by atoms with Gasteiger partial charge in [0.15, 0.2) is 0 Å². The summed E-state index contributed by atoms with van der Waals surface area (Å²) in [6, 6.07) is 24.4. The van der Waals surface area contributed by atoms with Gasteiger partial charge in [-0.15, -0.1) is 0 Å². The molecule has 0 saturated carbocycles. The lowest BCUT2D eigenvalue weighted by molar-refractivity contribution is 0.0183. The fourth-order valence-corrected chi connectivity index (χ4v) is 4.60. The van der Waals surface area contributed by atoms with E-state index in [1.54, 1.807) is 0 Å². The number of hydrogen-bond acceptors (Lipinski definition) is 5. The Hall–Kier alpha value is -2.86. The number of aliphatic hydroxyl groups is 1. The molecule has 5 rings (SSSR count). The van der Waals surface area contributed by atoms with Crippen molar-refractivity contribution in [1.82, 2.24) is 4.90 Å². The quantitative estimate of drug-likeness (QED) is 0.448. The molecule has 3 aromatic rings. The van der Waals surface area contributed by atoms with E-state index < -0.39 is 6.10 Å². The summed E-state index contributed by atoms with van der Waals surface area (Å²) >= 11 is 5.99. The Labute approximate surface area is 193 Å². The molecule has 0 aromatic heterocycles. The van der Waals surface area contributed by atoms with Crippen molar-refractivity contribution in [1.29, 1.82) is 0 Å². The van der Waals surface area contributed by atoms with Gasteiger partial charge in [0.05, 0.1) is 0 Å². The normalized spacial score (nSPS) is 16.4. The van der Waals surface area contributed by atoms with Gasteiger partial charge in [-0.3, -0.25) is 4.90 Å². The third kappa shape index (κ3) is 4.37. The van der Waals surface area contributed by atoms with Crippen molar-refractivity contribution in [3.8, 4) is 11.1 Å². The fraction of sp³-hybridized carbons (Fsp3) is 0.269. The lowest BCUT2D eigenvalue weighted by atomic mass is 10.1. The van der Waals surface area contributed by atoms with Crippen molar-refractivity contribution in [2.24, 2.45) is 5.16 Å². The van der Waals surface area contributed by atoms with Crippen LogP contribution in [0.3, 0.4) is 0 Å². The van der Waals surface area contributed by atoms with Gasteiger partial charge in [0.25, 0.3) is 0 Å². The highest BCUT2D eigenvalue weighted by Gasteiger charge is 2.25. The van der Waals surface area contributed by atoms with Crippen LogP contribution in [0.2, 0.25) is 5.02 Å². The van der Waals surface area contributed by atoms with Crippen LogP contribution in [0.1, 0.15) is 11.1 Å². The number of benzene rings is 3. The number of β-amino-alcohol motifs (C(OH)–C–C–N with tert-alkyl or cyclic N) is 1. The van der Waals surface area contributed by atoms with Crippen LogP contribution in [0.4, 0.5) is 5.69 Å². The molecule has 0 amide bonds. The van der Waals surface area contributed by atoms with Gasteiger partial charge in [-0.25, -0.2) is 0 Å². The number of halogens is 1. The third-order valence-electron chi connectivity index (χ3n) is 6.11. The highest BCUT2D eigenvalue weighted by atomic mass is 35.5. The van der Waals surface area contributed by atoms with Gasteiger partial charge in [-0.1, -0.05) is 65.3 Å². The molecule has 1 fully saturated rings. The van der Waals surface area contributed by atoms with Gasteiger partial charge in [0.1, 0.15) is 18.4 Å². The molecule has 6 heteroatoms. The van der Waals surface area contributed by atoms with Crippen molar-refractivity contribution in [2.45, 2.75) is 6.10 Å². The lowest BCUT2D eigenvalue weighted by Crippen LogP contribution is -2.49. The SMILES string of the molecule is OC(CON=C1c2ccccc2-c2ccccc21)CN1CCN(c2ccc(Cl)cc2)CC1. The predicted octanol–water partition coefficient (Wildman–Crippen LogP) is 4.27. The zero-order valence-corrected chi connectivity index (χ0v) is 18.6. The highest BCUT2D eigenvalue weighted by Crippen LogP contribution is 2.36. The molecule has 1 unspecified atom stereocenters. The van der Waals surface area contributed by atoms with E-state index in [9.17, 15) is 5.11 Å². The number of piperazine rings is 1. The van der Waals surface area contributed by atoms with Crippen molar-refractivity contribution in [3.05, 3.63) is 88.9 Å². The van der Waals surface area contributed by atoms with Crippen molar-refractivity contribution < 1.29 is 9.94 Å². The van der Waals surface area contributed by atoms with Crippen LogP contribution >= 0.6 is 11.6 Å². The summed E-state index contributed by atoms with van der Waals surface area (Å²) in [5.74, 6) is 0. The van der Waals surface area contributed by atoms with Crippen LogP contribution in [-0.4, -0.2) is 61.2 Å². The number of nitrogens with zero attached hydrogens (tertiary/aromatic N) is 3. The Balaban J connectivity index is 1.15. The van der Waals surface area contributed by atoms with E-state index in [1.807, 2.05) is 36.4 Å². The first-order chi connectivity index (χ1) is 15.7. The van der Waals surface area contributed by atoms with E-state index in [0.29, 0.717) is 6.54 Å². The van der Waals surface area contributed by atoms with Crippen LogP contribution in [0, 0.1) is 0 Å². The molecule has 1 aliphatic heterocycles. The smallest absolute Gasteiger partial charge is 0.144 e. The Morgan fingerprint density at radius 3 is 1.97 bits per heavy atom. The number of anilines is 1. The van der Waals surface area contributed by atoms with Crippen molar-refractivity contribution in [3.63, 3.8) is 0 Å². The second kappa shape index (κ2) is 9.33. The summed E-state index contributed by atoms with van der Waals surface area (Å²) in [4.78, 5) is 10.2. The van der Waals surface area contributed by atoms with E-state index in [0.717, 1.165) is 48.0 Å². The first-order valence-electron chi connectivity index (χ1n) is 11.0. The maximum absolute atomic E-state index is 10.5. The average molecular weight is 448 g/mol. The number of aliphatic hydroxyl groups excluding tert-OH is 1. The van der Waals surface area contributed by atoms with Gasteiger partial charge < -0.3 is 14.8 Å². The molecular weight excluding hydrogens is 422 g/mol. The van der Waals surface area contributed by atoms with E-state index in [1.165, 1.54) is 16.8 Å². The molecule has 1 heterocycles. The summed E-state index contributed by atoms with van der Waals surface area (Å²) in [5, 5.41) is 15.7. The van der Waals surface area contributed by atoms with E-state index in [4.69, 9.17) is 16.4 Å². The molecule has 1 N–H and O–H groups in total. The molecule has 1 aliphatic carbocycles. The van der Waals surface area contributed by atoms with Crippen LogP contribution < -0.4 is 4.90 Å². The van der Waals surface area contributed by atoms with E-state index >= 15 is 0 Å². The maximum atomic E-state index is 10.5. The minimum Gasteiger partial charge on any atom is -0.392 e. The molecule has 164 valence electrons. The number of oxime groups is 1. The summed E-state index contributed by atoms with van der Waals surface area (Å²) < 4.78 is 0.